The zero-order chi connectivity index (χ0) is 15.5. The monoisotopic (exact) mass is 293 g/mol. The number of fused-ring (bicyclic) bond motifs is 1. The Kier molecular flexibility index (Phi) is 4.36. The van der Waals surface area contributed by atoms with Crippen LogP contribution in [0.25, 0.3) is 0 Å². The van der Waals surface area contributed by atoms with E-state index < -0.39 is 0 Å². The highest BCUT2D eigenvalue weighted by atomic mass is 16.1. The van der Waals surface area contributed by atoms with Crippen molar-refractivity contribution in [3.63, 3.8) is 0 Å². The fraction of sp³-hybridized carbons (Fsp3) is 0.316. The van der Waals surface area contributed by atoms with Gasteiger partial charge in [0.2, 0.25) is 6.29 Å². The summed E-state index contributed by atoms with van der Waals surface area (Å²) in [5.41, 5.74) is 11.5. The molecule has 113 valence electrons. The van der Waals surface area contributed by atoms with Crippen LogP contribution in [0.5, 0.6) is 0 Å². The van der Waals surface area contributed by atoms with Crippen molar-refractivity contribution in [1.82, 2.24) is 4.90 Å². The van der Waals surface area contributed by atoms with E-state index in [0.717, 1.165) is 31.6 Å². The molecule has 1 aliphatic heterocycles. The Morgan fingerprint density at radius 2 is 2.00 bits per heavy atom. The number of hydrogen-bond acceptors (Lipinski definition) is 3. The van der Waals surface area contributed by atoms with Gasteiger partial charge >= 0.3 is 0 Å². The first-order chi connectivity index (χ1) is 10.7. The minimum atomic E-state index is 0.0777. The normalized spacial score (nSPS) is 16.1. The summed E-state index contributed by atoms with van der Waals surface area (Å²) in [6.07, 6.45) is 2.97. The number of benzene rings is 2. The van der Waals surface area contributed by atoms with Crippen molar-refractivity contribution in [2.75, 3.05) is 6.54 Å². The van der Waals surface area contributed by atoms with Crippen LogP contribution in [0.4, 0.5) is 0 Å². The molecule has 2 aromatic carbocycles. The van der Waals surface area contributed by atoms with Crippen molar-refractivity contribution in [3.05, 3.63) is 70.3 Å². The summed E-state index contributed by atoms with van der Waals surface area (Å²) in [5, 5.41) is 0. The molecule has 0 aromatic heterocycles. The Balaban J connectivity index is 1.71. The molecular formula is C19H21N2O. The lowest BCUT2D eigenvalue weighted by Crippen LogP contribution is -2.30. The minimum absolute atomic E-state index is 0.0777. The van der Waals surface area contributed by atoms with Gasteiger partial charge in [-0.2, -0.15) is 0 Å². The van der Waals surface area contributed by atoms with Gasteiger partial charge in [0, 0.05) is 31.2 Å². The topological polar surface area (TPSA) is 46.3 Å². The first-order valence-corrected chi connectivity index (χ1v) is 7.73. The molecule has 3 heteroatoms. The second-order valence-corrected chi connectivity index (χ2v) is 6.04. The summed E-state index contributed by atoms with van der Waals surface area (Å²) in [6, 6.07) is 14.5. The molecule has 0 unspecified atom stereocenters. The highest BCUT2D eigenvalue weighted by molar-refractivity contribution is 5.78. The Morgan fingerprint density at radius 3 is 2.68 bits per heavy atom. The lowest BCUT2D eigenvalue weighted by molar-refractivity contribution is 0.245. The van der Waals surface area contributed by atoms with Crippen LogP contribution in [0.1, 0.15) is 40.8 Å². The number of rotatable bonds is 4. The zero-order valence-corrected chi connectivity index (χ0v) is 12.9. The van der Waals surface area contributed by atoms with Crippen molar-refractivity contribution >= 4 is 6.29 Å². The van der Waals surface area contributed by atoms with E-state index in [-0.39, 0.29) is 6.04 Å². The van der Waals surface area contributed by atoms with Crippen molar-refractivity contribution in [2.24, 2.45) is 5.73 Å². The number of hydrogen-bond donors (Lipinski definition) is 1. The average molecular weight is 293 g/mol. The highest BCUT2D eigenvalue weighted by Crippen LogP contribution is 2.23. The molecule has 0 amide bonds. The quantitative estimate of drug-likeness (QED) is 0.943. The fourth-order valence-corrected chi connectivity index (χ4v) is 3.08. The average Bonchev–Trinajstić information content (AvgIpc) is 2.54. The van der Waals surface area contributed by atoms with Crippen LogP contribution < -0.4 is 5.73 Å². The zero-order valence-electron chi connectivity index (χ0n) is 12.9. The summed E-state index contributed by atoms with van der Waals surface area (Å²) < 4.78 is 0. The molecule has 2 N–H and O–H groups in total. The fourth-order valence-electron chi connectivity index (χ4n) is 3.08. The molecule has 3 nitrogen and oxygen atoms in total. The van der Waals surface area contributed by atoms with Gasteiger partial charge in [-0.15, -0.1) is 0 Å². The van der Waals surface area contributed by atoms with Crippen molar-refractivity contribution < 1.29 is 4.79 Å². The first-order valence-electron chi connectivity index (χ1n) is 7.73. The molecule has 1 radical (unpaired) electrons. The number of nitrogens with two attached hydrogens (primary N) is 1. The Morgan fingerprint density at radius 1 is 1.23 bits per heavy atom. The van der Waals surface area contributed by atoms with Gasteiger partial charge in [0.25, 0.3) is 0 Å². The van der Waals surface area contributed by atoms with Gasteiger partial charge in [-0.25, -0.2) is 0 Å². The Bertz CT molecular complexity index is 662. The van der Waals surface area contributed by atoms with E-state index in [4.69, 9.17) is 5.73 Å². The maximum absolute atomic E-state index is 11.0. The third-order valence-electron chi connectivity index (χ3n) is 4.37. The van der Waals surface area contributed by atoms with E-state index in [9.17, 15) is 4.79 Å². The molecule has 0 saturated carbocycles. The van der Waals surface area contributed by atoms with Crippen LogP contribution in [-0.4, -0.2) is 17.7 Å². The first kappa shape index (κ1) is 14.9. The lowest BCUT2D eigenvalue weighted by atomic mass is 9.95. The van der Waals surface area contributed by atoms with E-state index in [1.165, 1.54) is 22.3 Å². The van der Waals surface area contributed by atoms with Crippen LogP contribution in [0.15, 0.2) is 42.5 Å². The maximum atomic E-state index is 11.0. The molecule has 0 bridgehead atoms. The molecular weight excluding hydrogens is 272 g/mol. The smallest absolute Gasteiger partial charge is 0.233 e. The molecule has 0 fully saturated rings. The van der Waals surface area contributed by atoms with E-state index in [2.05, 4.69) is 41.5 Å². The second-order valence-electron chi connectivity index (χ2n) is 6.04. The van der Waals surface area contributed by atoms with Crippen LogP contribution in [0.2, 0.25) is 0 Å². The van der Waals surface area contributed by atoms with Crippen LogP contribution in [-0.2, 0) is 24.3 Å². The Hall–Kier alpha value is -1.97. The summed E-state index contributed by atoms with van der Waals surface area (Å²) in [4.78, 5) is 13.4. The van der Waals surface area contributed by atoms with Crippen molar-refractivity contribution in [2.45, 2.75) is 32.5 Å². The summed E-state index contributed by atoms with van der Waals surface area (Å²) >= 11 is 0. The number of nitrogens with zero attached hydrogens (tertiary/aromatic N) is 1. The van der Waals surface area contributed by atoms with Gasteiger partial charge in [0.1, 0.15) is 0 Å². The summed E-state index contributed by atoms with van der Waals surface area (Å²) in [6.45, 7) is 4.78. The second kappa shape index (κ2) is 6.42. The van der Waals surface area contributed by atoms with Crippen LogP contribution in [0, 0.1) is 0 Å². The highest BCUT2D eigenvalue weighted by Gasteiger charge is 2.18. The van der Waals surface area contributed by atoms with Crippen LogP contribution in [0.3, 0.4) is 0 Å². The lowest BCUT2D eigenvalue weighted by Gasteiger charge is -2.29. The van der Waals surface area contributed by atoms with Gasteiger partial charge in [0.05, 0.1) is 0 Å². The molecule has 2 aromatic rings. The summed E-state index contributed by atoms with van der Waals surface area (Å²) in [7, 11) is 0. The standard InChI is InChI=1S/C19H21N2O/c1-14(20)16-7-5-15(6-8-16)11-21-10-9-19-17(12-21)3-2-4-18(19)13-22/h2-8,14H,9-12,20H2,1H3/t14-/m0/s1. The van der Waals surface area contributed by atoms with Crippen molar-refractivity contribution in [1.29, 1.82) is 0 Å². The third-order valence-corrected chi connectivity index (χ3v) is 4.37. The minimum Gasteiger partial charge on any atom is -0.324 e. The SMILES string of the molecule is C[C@H](N)c1ccc(CN2CCc3c([C]=O)cccc3C2)cc1. The molecule has 0 spiro atoms. The Labute approximate surface area is 131 Å². The molecule has 1 aliphatic rings. The molecule has 22 heavy (non-hydrogen) atoms. The number of carbonyl (C=O) groups excluding carboxylic acids is 1. The predicted octanol–water partition coefficient (Wildman–Crippen LogP) is 2.72. The molecule has 0 saturated heterocycles. The van der Waals surface area contributed by atoms with Gasteiger partial charge in [-0.1, -0.05) is 42.5 Å². The van der Waals surface area contributed by atoms with Gasteiger partial charge in [0.15, 0.2) is 0 Å². The molecule has 3 rings (SSSR count). The maximum Gasteiger partial charge on any atom is 0.233 e. The van der Waals surface area contributed by atoms with Crippen molar-refractivity contribution in [3.8, 4) is 0 Å². The van der Waals surface area contributed by atoms with Gasteiger partial charge in [-0.3, -0.25) is 9.69 Å². The van der Waals surface area contributed by atoms with Gasteiger partial charge in [-0.05, 0) is 35.6 Å². The third kappa shape index (κ3) is 3.11. The molecule has 0 aliphatic carbocycles. The largest absolute Gasteiger partial charge is 0.324 e. The molecule has 1 atom stereocenters. The molecule has 1 heterocycles. The van der Waals surface area contributed by atoms with E-state index >= 15 is 0 Å². The van der Waals surface area contributed by atoms with Crippen LogP contribution >= 0.6 is 0 Å². The summed E-state index contributed by atoms with van der Waals surface area (Å²) in [5.74, 6) is 0. The predicted molar refractivity (Wildman–Crippen MR) is 88.1 cm³/mol. The van der Waals surface area contributed by atoms with E-state index in [0.29, 0.717) is 0 Å². The van der Waals surface area contributed by atoms with Gasteiger partial charge < -0.3 is 5.73 Å². The van der Waals surface area contributed by atoms with E-state index in [1.54, 1.807) is 0 Å². The van der Waals surface area contributed by atoms with E-state index in [1.807, 2.05) is 19.1 Å².